The van der Waals surface area contributed by atoms with Gasteiger partial charge in [0, 0.05) is 16.1 Å². The van der Waals surface area contributed by atoms with E-state index < -0.39 is 0 Å². The maximum atomic E-state index is 5.71. The van der Waals surface area contributed by atoms with E-state index in [1.807, 2.05) is 42.5 Å². The largest absolute Gasteiger partial charge is 0.454 e. The summed E-state index contributed by atoms with van der Waals surface area (Å²) in [4.78, 5) is 1.10. The highest BCUT2D eigenvalue weighted by molar-refractivity contribution is 7.98. The lowest BCUT2D eigenvalue weighted by Crippen LogP contribution is -1.92. The van der Waals surface area contributed by atoms with Crippen molar-refractivity contribution in [3.8, 4) is 23.0 Å². The molecule has 0 amide bonds. The van der Waals surface area contributed by atoms with E-state index in [0.29, 0.717) is 23.3 Å². The molecule has 2 aromatic carbocycles. The lowest BCUT2D eigenvalue weighted by molar-refractivity contribution is 0.174. The average molecular weight is 327 g/mol. The number of benzene rings is 2. The van der Waals surface area contributed by atoms with Crippen molar-refractivity contribution < 1.29 is 13.9 Å². The number of nitrogen functional groups attached to an aromatic ring is 1. The zero-order chi connectivity index (χ0) is 15.6. The monoisotopic (exact) mass is 327 g/mol. The summed E-state index contributed by atoms with van der Waals surface area (Å²) in [5.74, 6) is 3.06. The van der Waals surface area contributed by atoms with Gasteiger partial charge in [0.2, 0.25) is 18.6 Å². The quantitative estimate of drug-likeness (QED) is 0.581. The van der Waals surface area contributed by atoms with E-state index in [-0.39, 0.29) is 6.79 Å². The molecule has 7 heteroatoms. The molecule has 1 aliphatic rings. The molecular weight excluding hydrogens is 314 g/mol. The van der Waals surface area contributed by atoms with Crippen LogP contribution in [-0.2, 0) is 5.75 Å². The first-order valence-electron chi connectivity index (χ1n) is 6.99. The van der Waals surface area contributed by atoms with Gasteiger partial charge >= 0.3 is 0 Å². The molecule has 6 nitrogen and oxygen atoms in total. The van der Waals surface area contributed by atoms with Crippen LogP contribution >= 0.6 is 11.8 Å². The third-order valence-electron chi connectivity index (χ3n) is 3.33. The van der Waals surface area contributed by atoms with Gasteiger partial charge in [0.15, 0.2) is 11.5 Å². The number of ether oxygens (including phenoxy) is 2. The molecule has 2 heterocycles. The number of thioether (sulfide) groups is 1. The van der Waals surface area contributed by atoms with Crippen molar-refractivity contribution in [2.24, 2.45) is 0 Å². The number of fused-ring (bicyclic) bond motifs is 1. The zero-order valence-electron chi connectivity index (χ0n) is 12.1. The van der Waals surface area contributed by atoms with E-state index in [0.717, 1.165) is 21.9 Å². The summed E-state index contributed by atoms with van der Waals surface area (Å²) in [6.07, 6.45) is 0. The highest BCUT2D eigenvalue weighted by Crippen LogP contribution is 2.35. The van der Waals surface area contributed by atoms with Gasteiger partial charge in [-0.15, -0.1) is 22.0 Å². The number of nitrogens with two attached hydrogens (primary N) is 1. The predicted molar refractivity (Wildman–Crippen MR) is 86.3 cm³/mol. The van der Waals surface area contributed by atoms with E-state index in [2.05, 4.69) is 10.2 Å². The van der Waals surface area contributed by atoms with Crippen LogP contribution in [0.15, 0.2) is 51.8 Å². The summed E-state index contributed by atoms with van der Waals surface area (Å²) in [6.45, 7) is 0.242. The fourth-order valence-electron chi connectivity index (χ4n) is 2.17. The first kappa shape index (κ1) is 14.0. The van der Waals surface area contributed by atoms with Gasteiger partial charge in [0.05, 0.1) is 5.75 Å². The predicted octanol–water partition coefficient (Wildman–Crippen LogP) is 3.34. The summed E-state index contributed by atoms with van der Waals surface area (Å²) < 4.78 is 16.4. The molecule has 3 aromatic rings. The van der Waals surface area contributed by atoms with Crippen molar-refractivity contribution in [3.63, 3.8) is 0 Å². The molecule has 1 aliphatic heterocycles. The fraction of sp³-hybridized carbons (Fsp3) is 0.125. The number of hydrogen-bond donors (Lipinski definition) is 1. The summed E-state index contributed by atoms with van der Waals surface area (Å²) in [6, 6.07) is 13.2. The standard InChI is InChI=1S/C16H13N3O3S/c17-11-2-4-12(5-3-11)23-8-15-18-19-16(22-15)10-1-6-13-14(7-10)21-9-20-13/h1-7H,8-9,17H2. The van der Waals surface area contributed by atoms with E-state index in [1.165, 1.54) is 0 Å². The second-order valence-electron chi connectivity index (χ2n) is 4.93. The average Bonchev–Trinajstić information content (AvgIpc) is 3.22. The topological polar surface area (TPSA) is 83.4 Å². The Morgan fingerprint density at radius 1 is 1.00 bits per heavy atom. The Balaban J connectivity index is 1.47. The number of hydrogen-bond acceptors (Lipinski definition) is 7. The molecule has 0 unspecified atom stereocenters. The maximum Gasteiger partial charge on any atom is 0.247 e. The summed E-state index contributed by atoms with van der Waals surface area (Å²) in [5.41, 5.74) is 7.23. The van der Waals surface area contributed by atoms with Gasteiger partial charge in [0.1, 0.15) is 0 Å². The van der Waals surface area contributed by atoms with Gasteiger partial charge in [-0.25, -0.2) is 0 Å². The maximum absolute atomic E-state index is 5.71. The number of aromatic nitrogens is 2. The highest BCUT2D eigenvalue weighted by Gasteiger charge is 2.16. The van der Waals surface area contributed by atoms with Gasteiger partial charge in [-0.1, -0.05) is 0 Å². The second-order valence-corrected chi connectivity index (χ2v) is 5.98. The molecule has 1 aromatic heterocycles. The van der Waals surface area contributed by atoms with Crippen molar-refractivity contribution in [1.29, 1.82) is 0 Å². The molecule has 116 valence electrons. The molecular formula is C16H13N3O3S. The fourth-order valence-corrected chi connectivity index (χ4v) is 2.90. The first-order valence-corrected chi connectivity index (χ1v) is 7.97. The Kier molecular flexibility index (Phi) is 3.55. The van der Waals surface area contributed by atoms with E-state index >= 15 is 0 Å². The van der Waals surface area contributed by atoms with Crippen LogP contribution in [0.25, 0.3) is 11.5 Å². The van der Waals surface area contributed by atoms with E-state index in [1.54, 1.807) is 11.8 Å². The minimum atomic E-state index is 0.242. The molecule has 0 saturated carbocycles. The summed E-state index contributed by atoms with van der Waals surface area (Å²) >= 11 is 1.61. The van der Waals surface area contributed by atoms with Crippen molar-refractivity contribution in [1.82, 2.24) is 10.2 Å². The van der Waals surface area contributed by atoms with Crippen LogP contribution in [0.2, 0.25) is 0 Å². The van der Waals surface area contributed by atoms with Crippen molar-refractivity contribution in [2.45, 2.75) is 10.6 Å². The van der Waals surface area contributed by atoms with Crippen LogP contribution in [0, 0.1) is 0 Å². The number of rotatable bonds is 4. The van der Waals surface area contributed by atoms with Gasteiger partial charge in [0.25, 0.3) is 0 Å². The Morgan fingerprint density at radius 2 is 1.83 bits per heavy atom. The number of nitrogens with zero attached hydrogens (tertiary/aromatic N) is 2. The molecule has 4 rings (SSSR count). The van der Waals surface area contributed by atoms with Crippen LogP contribution in [0.5, 0.6) is 11.5 Å². The summed E-state index contributed by atoms with van der Waals surface area (Å²) in [5, 5.41) is 8.18. The van der Waals surface area contributed by atoms with E-state index in [4.69, 9.17) is 19.6 Å². The first-order chi connectivity index (χ1) is 11.3. The minimum Gasteiger partial charge on any atom is -0.454 e. The van der Waals surface area contributed by atoms with Gasteiger partial charge in [-0.2, -0.15) is 0 Å². The minimum absolute atomic E-state index is 0.242. The lowest BCUT2D eigenvalue weighted by Gasteiger charge is -1.99. The molecule has 0 atom stereocenters. The lowest BCUT2D eigenvalue weighted by atomic mass is 10.2. The number of anilines is 1. The Labute approximate surface area is 136 Å². The highest BCUT2D eigenvalue weighted by atomic mass is 32.2. The van der Waals surface area contributed by atoms with Crippen LogP contribution in [0.1, 0.15) is 5.89 Å². The Morgan fingerprint density at radius 3 is 2.70 bits per heavy atom. The van der Waals surface area contributed by atoms with Crippen LogP contribution in [0.4, 0.5) is 5.69 Å². The molecule has 0 aliphatic carbocycles. The molecule has 0 saturated heterocycles. The Hall–Kier alpha value is -2.67. The second kappa shape index (κ2) is 5.85. The van der Waals surface area contributed by atoms with Gasteiger partial charge < -0.3 is 19.6 Å². The zero-order valence-corrected chi connectivity index (χ0v) is 12.9. The SMILES string of the molecule is Nc1ccc(SCc2nnc(-c3ccc4c(c3)OCO4)o2)cc1. The van der Waals surface area contributed by atoms with Crippen molar-refractivity contribution >= 4 is 17.4 Å². The van der Waals surface area contributed by atoms with Crippen molar-refractivity contribution in [3.05, 3.63) is 48.4 Å². The Bertz CT molecular complexity index is 833. The smallest absolute Gasteiger partial charge is 0.247 e. The molecule has 0 spiro atoms. The third kappa shape index (κ3) is 2.95. The van der Waals surface area contributed by atoms with Crippen LogP contribution in [0.3, 0.4) is 0 Å². The van der Waals surface area contributed by atoms with Gasteiger partial charge in [-0.05, 0) is 42.5 Å². The molecule has 0 bridgehead atoms. The molecule has 0 radical (unpaired) electrons. The molecule has 2 N–H and O–H groups in total. The van der Waals surface area contributed by atoms with Gasteiger partial charge in [-0.3, -0.25) is 0 Å². The molecule has 23 heavy (non-hydrogen) atoms. The van der Waals surface area contributed by atoms with E-state index in [9.17, 15) is 0 Å². The van der Waals surface area contributed by atoms with Crippen LogP contribution < -0.4 is 15.2 Å². The normalized spacial score (nSPS) is 12.5. The van der Waals surface area contributed by atoms with Crippen LogP contribution in [-0.4, -0.2) is 17.0 Å². The molecule has 0 fully saturated rings. The van der Waals surface area contributed by atoms with Crippen molar-refractivity contribution in [2.75, 3.05) is 12.5 Å². The summed E-state index contributed by atoms with van der Waals surface area (Å²) in [7, 11) is 0. The third-order valence-corrected chi connectivity index (χ3v) is 4.33.